The summed E-state index contributed by atoms with van der Waals surface area (Å²) in [5.41, 5.74) is 0.424. The molecule has 1 amide bonds. The molecule has 10 heteroatoms. The number of halogens is 1. The fourth-order valence-corrected chi connectivity index (χ4v) is 2.21. The minimum absolute atomic E-state index is 0.111. The van der Waals surface area contributed by atoms with E-state index in [2.05, 4.69) is 25.6 Å². The van der Waals surface area contributed by atoms with Crippen molar-refractivity contribution in [3.05, 3.63) is 46.0 Å². The van der Waals surface area contributed by atoms with Crippen LogP contribution in [0.5, 0.6) is 0 Å². The summed E-state index contributed by atoms with van der Waals surface area (Å²) >= 11 is 5.89. The van der Waals surface area contributed by atoms with Gasteiger partial charge in [-0.15, -0.1) is 10.2 Å². The number of hydrogen-bond acceptors (Lipinski definition) is 7. The van der Waals surface area contributed by atoms with Crippen LogP contribution in [0, 0.1) is 0 Å². The van der Waals surface area contributed by atoms with Crippen LogP contribution >= 0.6 is 11.6 Å². The summed E-state index contributed by atoms with van der Waals surface area (Å²) in [5.74, 6) is 0.0124. The molecule has 3 heterocycles. The van der Waals surface area contributed by atoms with Gasteiger partial charge in [0.25, 0.3) is 11.4 Å². The average Bonchev–Trinajstić information content (AvgIpc) is 3.07. The Morgan fingerprint density at radius 3 is 2.84 bits per heavy atom. The van der Waals surface area contributed by atoms with Crippen molar-refractivity contribution in [2.75, 3.05) is 6.54 Å². The van der Waals surface area contributed by atoms with Crippen LogP contribution < -0.4 is 10.9 Å². The molecule has 0 spiro atoms. The Bertz CT molecular complexity index is 968. The van der Waals surface area contributed by atoms with Crippen LogP contribution in [-0.4, -0.2) is 37.4 Å². The van der Waals surface area contributed by atoms with E-state index in [0.717, 1.165) is 4.68 Å². The van der Waals surface area contributed by atoms with Crippen LogP contribution in [-0.2, 0) is 11.3 Å². The average molecular weight is 361 g/mol. The van der Waals surface area contributed by atoms with Crippen molar-refractivity contribution in [2.24, 2.45) is 0 Å². The van der Waals surface area contributed by atoms with Gasteiger partial charge in [-0.05, 0) is 19.1 Å². The minimum atomic E-state index is -0.409. The van der Waals surface area contributed by atoms with Gasteiger partial charge < -0.3 is 9.73 Å². The van der Waals surface area contributed by atoms with Gasteiger partial charge in [-0.2, -0.15) is 5.10 Å². The number of aromatic nitrogens is 5. The van der Waals surface area contributed by atoms with E-state index in [1.807, 2.05) is 0 Å². The first kappa shape index (κ1) is 16.8. The molecule has 0 bridgehead atoms. The maximum atomic E-state index is 11.8. The first-order valence-corrected chi connectivity index (χ1v) is 7.74. The van der Waals surface area contributed by atoms with E-state index >= 15 is 0 Å². The first-order chi connectivity index (χ1) is 12.1. The van der Waals surface area contributed by atoms with E-state index in [1.54, 1.807) is 13.0 Å². The summed E-state index contributed by atoms with van der Waals surface area (Å²) in [6.07, 6.45) is 3.02. The maximum absolute atomic E-state index is 11.8. The zero-order valence-corrected chi connectivity index (χ0v) is 13.9. The second-order valence-electron chi connectivity index (χ2n) is 4.97. The van der Waals surface area contributed by atoms with Crippen LogP contribution in [0.15, 0.2) is 39.8 Å². The Morgan fingerprint density at radius 1 is 1.28 bits per heavy atom. The summed E-state index contributed by atoms with van der Waals surface area (Å²) in [7, 11) is 0. The quantitative estimate of drug-likeness (QED) is 0.725. The molecule has 3 aromatic heterocycles. The Kier molecular flexibility index (Phi) is 4.85. The highest BCUT2D eigenvalue weighted by atomic mass is 35.5. The van der Waals surface area contributed by atoms with E-state index in [-0.39, 0.29) is 29.9 Å². The number of nitrogens with zero attached hydrogens (tertiary/aromatic N) is 5. The molecule has 0 aliphatic heterocycles. The van der Waals surface area contributed by atoms with Gasteiger partial charge in [0.05, 0.1) is 10.6 Å². The Hall–Kier alpha value is -3.07. The predicted octanol–water partition coefficient (Wildman–Crippen LogP) is 1.14. The molecular formula is C15H13ClN6O3. The number of hydrogen-bond donors (Lipinski definition) is 1. The lowest BCUT2D eigenvalue weighted by Gasteiger charge is -2.05. The fourth-order valence-electron chi connectivity index (χ4n) is 2.04. The van der Waals surface area contributed by atoms with Crippen molar-refractivity contribution in [2.45, 2.75) is 13.5 Å². The molecule has 3 rings (SSSR count). The Labute approximate surface area is 146 Å². The largest absolute Gasteiger partial charge is 0.414 e. The van der Waals surface area contributed by atoms with Gasteiger partial charge in [-0.3, -0.25) is 14.6 Å². The number of rotatable bonds is 5. The molecule has 0 aliphatic rings. The van der Waals surface area contributed by atoms with Crippen molar-refractivity contribution in [3.63, 3.8) is 0 Å². The molecule has 9 nitrogen and oxygen atoms in total. The van der Waals surface area contributed by atoms with E-state index in [4.69, 9.17) is 16.0 Å². The van der Waals surface area contributed by atoms with Crippen LogP contribution in [0.25, 0.3) is 23.0 Å². The SMILES string of the molecule is CCNC(=O)Cn1nc(-c2nnc(-c3cncc(Cl)c3)o2)ccc1=O. The van der Waals surface area contributed by atoms with Gasteiger partial charge in [0.2, 0.25) is 11.8 Å². The predicted molar refractivity (Wildman–Crippen MR) is 88.7 cm³/mol. The van der Waals surface area contributed by atoms with Gasteiger partial charge in [-0.25, -0.2) is 4.68 Å². The Balaban J connectivity index is 1.90. The van der Waals surface area contributed by atoms with Gasteiger partial charge in [0.15, 0.2) is 0 Å². The van der Waals surface area contributed by atoms with Crippen molar-refractivity contribution < 1.29 is 9.21 Å². The van der Waals surface area contributed by atoms with E-state index in [9.17, 15) is 9.59 Å². The fraction of sp³-hybridized carbons (Fsp3) is 0.200. The number of amides is 1. The molecule has 25 heavy (non-hydrogen) atoms. The zero-order chi connectivity index (χ0) is 17.8. The molecule has 0 radical (unpaired) electrons. The third kappa shape index (κ3) is 3.89. The van der Waals surface area contributed by atoms with Gasteiger partial charge in [0, 0.05) is 25.0 Å². The minimum Gasteiger partial charge on any atom is -0.414 e. The lowest BCUT2D eigenvalue weighted by atomic mass is 10.3. The molecule has 0 saturated heterocycles. The summed E-state index contributed by atoms with van der Waals surface area (Å²) < 4.78 is 6.59. The lowest BCUT2D eigenvalue weighted by Crippen LogP contribution is -2.33. The number of pyridine rings is 1. The highest BCUT2D eigenvalue weighted by Gasteiger charge is 2.14. The molecule has 0 unspecified atom stereocenters. The highest BCUT2D eigenvalue weighted by molar-refractivity contribution is 6.30. The van der Waals surface area contributed by atoms with Crippen LogP contribution in [0.1, 0.15) is 6.92 Å². The second-order valence-corrected chi connectivity index (χ2v) is 5.41. The number of nitrogens with one attached hydrogen (secondary N) is 1. The van der Waals surface area contributed by atoms with Crippen molar-refractivity contribution >= 4 is 17.5 Å². The van der Waals surface area contributed by atoms with E-state index in [1.165, 1.54) is 24.5 Å². The van der Waals surface area contributed by atoms with Gasteiger partial charge >= 0.3 is 0 Å². The maximum Gasteiger partial charge on any atom is 0.268 e. The van der Waals surface area contributed by atoms with Gasteiger partial charge in [-0.1, -0.05) is 11.6 Å². The second kappa shape index (κ2) is 7.22. The summed E-state index contributed by atoms with van der Waals surface area (Å²) in [6, 6.07) is 4.37. The van der Waals surface area contributed by atoms with Crippen LogP contribution in [0.4, 0.5) is 0 Å². The zero-order valence-electron chi connectivity index (χ0n) is 13.1. The smallest absolute Gasteiger partial charge is 0.268 e. The topological polar surface area (TPSA) is 116 Å². The molecule has 0 aromatic carbocycles. The molecule has 0 atom stereocenters. The summed E-state index contributed by atoms with van der Waals surface area (Å²) in [5, 5.41) is 15.0. The van der Waals surface area contributed by atoms with Crippen molar-refractivity contribution in [3.8, 4) is 23.0 Å². The van der Waals surface area contributed by atoms with E-state index < -0.39 is 5.56 Å². The number of likely N-dealkylation sites (N-methyl/N-ethyl adjacent to an activating group) is 1. The molecule has 128 valence electrons. The standard InChI is InChI=1S/C15H13ClN6O3/c1-2-18-12(23)8-22-13(24)4-3-11(21-22)15-20-19-14(25-15)9-5-10(16)7-17-6-9/h3-7H,2,8H2,1H3,(H,18,23). The normalized spacial score (nSPS) is 10.6. The molecule has 3 aromatic rings. The third-order valence-corrected chi connectivity index (χ3v) is 3.34. The Morgan fingerprint density at radius 2 is 2.08 bits per heavy atom. The summed E-state index contributed by atoms with van der Waals surface area (Å²) in [4.78, 5) is 27.4. The van der Waals surface area contributed by atoms with Crippen molar-refractivity contribution in [1.29, 1.82) is 0 Å². The molecular weight excluding hydrogens is 348 g/mol. The number of carbonyl (C=O) groups excluding carboxylic acids is 1. The molecule has 0 aliphatic carbocycles. The van der Waals surface area contributed by atoms with Crippen molar-refractivity contribution in [1.82, 2.24) is 30.3 Å². The lowest BCUT2D eigenvalue weighted by molar-refractivity contribution is -0.121. The van der Waals surface area contributed by atoms with Gasteiger partial charge in [0.1, 0.15) is 12.2 Å². The van der Waals surface area contributed by atoms with E-state index in [0.29, 0.717) is 17.1 Å². The van der Waals surface area contributed by atoms with Crippen LogP contribution in [0.3, 0.4) is 0 Å². The molecule has 0 saturated carbocycles. The highest BCUT2D eigenvalue weighted by Crippen LogP contribution is 2.23. The summed E-state index contributed by atoms with van der Waals surface area (Å²) in [6.45, 7) is 2.06. The van der Waals surface area contributed by atoms with Crippen LogP contribution in [0.2, 0.25) is 5.02 Å². The molecule has 1 N–H and O–H groups in total. The molecule has 0 fully saturated rings. The monoisotopic (exact) mass is 360 g/mol. The number of carbonyl (C=O) groups is 1. The third-order valence-electron chi connectivity index (χ3n) is 3.13. The first-order valence-electron chi connectivity index (χ1n) is 7.36.